The quantitative estimate of drug-likeness (QED) is 0.621. The molecule has 162 valence electrons. The van der Waals surface area contributed by atoms with E-state index in [0.29, 0.717) is 18.9 Å². The Kier molecular flexibility index (Phi) is 9.03. The molecule has 30 heavy (non-hydrogen) atoms. The highest BCUT2D eigenvalue weighted by atomic mass is 19.1. The molecular formula is C25H33FN2O2. The third kappa shape index (κ3) is 7.29. The lowest BCUT2D eigenvalue weighted by atomic mass is 10.0. The van der Waals surface area contributed by atoms with Gasteiger partial charge in [0.25, 0.3) is 0 Å². The smallest absolute Gasteiger partial charge is 0.243 e. The summed E-state index contributed by atoms with van der Waals surface area (Å²) in [7, 11) is 0. The second-order valence-corrected chi connectivity index (χ2v) is 8.43. The molecule has 1 atom stereocenters. The van der Waals surface area contributed by atoms with Gasteiger partial charge in [-0.05, 0) is 35.6 Å². The molecule has 5 heteroatoms. The minimum Gasteiger partial charge on any atom is -0.354 e. The van der Waals surface area contributed by atoms with Crippen molar-refractivity contribution in [2.75, 3.05) is 6.54 Å². The Bertz CT molecular complexity index is 804. The van der Waals surface area contributed by atoms with Gasteiger partial charge in [-0.1, -0.05) is 70.2 Å². The van der Waals surface area contributed by atoms with Gasteiger partial charge in [0.1, 0.15) is 11.9 Å². The number of carbonyl (C=O) groups excluding carboxylic acids is 2. The van der Waals surface area contributed by atoms with Crippen LogP contribution in [0.2, 0.25) is 0 Å². The van der Waals surface area contributed by atoms with E-state index in [1.807, 2.05) is 44.2 Å². The van der Waals surface area contributed by atoms with E-state index in [1.165, 1.54) is 12.1 Å². The van der Waals surface area contributed by atoms with Crippen molar-refractivity contribution >= 4 is 11.8 Å². The van der Waals surface area contributed by atoms with Crippen molar-refractivity contribution in [2.24, 2.45) is 11.8 Å². The molecule has 1 unspecified atom stereocenters. The van der Waals surface area contributed by atoms with Gasteiger partial charge in [-0.3, -0.25) is 9.59 Å². The molecule has 2 aromatic carbocycles. The normalized spacial score (nSPS) is 12.1. The maximum Gasteiger partial charge on any atom is 0.243 e. The average Bonchev–Trinajstić information content (AvgIpc) is 2.71. The summed E-state index contributed by atoms with van der Waals surface area (Å²) in [5, 5.41) is 3.01. The van der Waals surface area contributed by atoms with E-state index in [4.69, 9.17) is 0 Å². The maximum absolute atomic E-state index is 13.3. The zero-order valence-corrected chi connectivity index (χ0v) is 18.4. The number of benzene rings is 2. The second-order valence-electron chi connectivity index (χ2n) is 8.43. The third-order valence-corrected chi connectivity index (χ3v) is 5.01. The van der Waals surface area contributed by atoms with E-state index < -0.39 is 6.04 Å². The van der Waals surface area contributed by atoms with Crippen LogP contribution >= 0.6 is 0 Å². The van der Waals surface area contributed by atoms with Crippen LogP contribution in [0.25, 0.3) is 0 Å². The number of hydrogen-bond donors (Lipinski definition) is 1. The molecule has 2 amide bonds. The monoisotopic (exact) mass is 412 g/mol. The first-order valence-electron chi connectivity index (χ1n) is 10.6. The lowest BCUT2D eigenvalue weighted by Crippen LogP contribution is -2.51. The molecule has 4 nitrogen and oxygen atoms in total. The molecule has 0 aliphatic carbocycles. The molecule has 0 fully saturated rings. The molecule has 0 saturated carbocycles. The minimum absolute atomic E-state index is 0.0979. The van der Waals surface area contributed by atoms with Gasteiger partial charge in [-0.15, -0.1) is 0 Å². The Balaban J connectivity index is 2.32. The fourth-order valence-electron chi connectivity index (χ4n) is 3.24. The minimum atomic E-state index is -0.639. The number of nitrogens with zero attached hydrogens (tertiary/aromatic N) is 1. The maximum atomic E-state index is 13.3. The van der Waals surface area contributed by atoms with E-state index in [9.17, 15) is 14.0 Å². The molecule has 0 aliphatic rings. The predicted molar refractivity (Wildman–Crippen MR) is 118 cm³/mol. The Hall–Kier alpha value is -2.69. The Labute approximate surface area is 179 Å². The summed E-state index contributed by atoms with van der Waals surface area (Å²) in [5.41, 5.74) is 1.78. The van der Waals surface area contributed by atoms with Crippen molar-refractivity contribution in [2.45, 2.75) is 53.1 Å². The molecule has 0 bridgehead atoms. The Morgan fingerprint density at radius 3 is 2.13 bits per heavy atom. The van der Waals surface area contributed by atoms with Crippen LogP contribution in [-0.2, 0) is 22.6 Å². The third-order valence-electron chi connectivity index (χ3n) is 5.01. The standard InChI is InChI=1S/C25H33FN2O2/c1-18(2)14-15-27-24(29)23(16-20-8-6-5-7-9-20)28(25(30)19(3)4)17-21-10-12-22(26)13-11-21/h5-13,18-19,23H,14-17H2,1-4H3,(H,27,29). The first kappa shape index (κ1) is 23.6. The van der Waals surface area contributed by atoms with E-state index >= 15 is 0 Å². The van der Waals surface area contributed by atoms with Gasteiger partial charge in [0.15, 0.2) is 0 Å². The van der Waals surface area contributed by atoms with Gasteiger partial charge in [-0.2, -0.15) is 0 Å². The van der Waals surface area contributed by atoms with Crippen molar-refractivity contribution < 1.29 is 14.0 Å². The fourth-order valence-corrected chi connectivity index (χ4v) is 3.24. The lowest BCUT2D eigenvalue weighted by molar-refractivity contribution is -0.143. The molecule has 0 spiro atoms. The van der Waals surface area contributed by atoms with Gasteiger partial charge in [0.2, 0.25) is 11.8 Å². The van der Waals surface area contributed by atoms with Crippen LogP contribution in [0.15, 0.2) is 54.6 Å². The van der Waals surface area contributed by atoms with Crippen molar-refractivity contribution in [1.29, 1.82) is 0 Å². The summed E-state index contributed by atoms with van der Waals surface area (Å²) in [6.07, 6.45) is 1.30. The highest BCUT2D eigenvalue weighted by molar-refractivity contribution is 5.88. The van der Waals surface area contributed by atoms with Crippen LogP contribution in [0.3, 0.4) is 0 Å². The first-order valence-corrected chi connectivity index (χ1v) is 10.6. The predicted octanol–water partition coefficient (Wildman–Crippen LogP) is 4.58. The number of carbonyl (C=O) groups is 2. The summed E-state index contributed by atoms with van der Waals surface area (Å²) in [5.74, 6) is -0.361. The van der Waals surface area contributed by atoms with Crippen LogP contribution in [0.4, 0.5) is 4.39 Å². The second kappa shape index (κ2) is 11.5. The van der Waals surface area contributed by atoms with Crippen LogP contribution in [0, 0.1) is 17.7 Å². The summed E-state index contributed by atoms with van der Waals surface area (Å²) in [6.45, 7) is 8.70. The highest BCUT2D eigenvalue weighted by Crippen LogP contribution is 2.17. The van der Waals surface area contributed by atoms with Crippen molar-refractivity contribution in [3.8, 4) is 0 Å². The van der Waals surface area contributed by atoms with E-state index in [0.717, 1.165) is 17.5 Å². The first-order chi connectivity index (χ1) is 14.3. The van der Waals surface area contributed by atoms with Gasteiger partial charge in [0, 0.05) is 25.4 Å². The highest BCUT2D eigenvalue weighted by Gasteiger charge is 2.31. The SMILES string of the molecule is CC(C)CCNC(=O)C(Cc1ccccc1)N(Cc1ccc(F)cc1)C(=O)C(C)C. The molecule has 2 aromatic rings. The van der Waals surface area contributed by atoms with Crippen molar-refractivity contribution in [1.82, 2.24) is 10.2 Å². The molecule has 0 aliphatic heterocycles. The van der Waals surface area contributed by atoms with Crippen LogP contribution in [0.5, 0.6) is 0 Å². The molecule has 0 heterocycles. The summed E-state index contributed by atoms with van der Waals surface area (Å²) in [6, 6.07) is 15.1. The average molecular weight is 413 g/mol. The molecular weight excluding hydrogens is 379 g/mol. The van der Waals surface area contributed by atoms with Gasteiger partial charge in [-0.25, -0.2) is 4.39 Å². The van der Waals surface area contributed by atoms with Crippen molar-refractivity contribution in [3.63, 3.8) is 0 Å². The summed E-state index contributed by atoms with van der Waals surface area (Å²) < 4.78 is 13.3. The largest absolute Gasteiger partial charge is 0.354 e. The summed E-state index contributed by atoms with van der Waals surface area (Å²) in [4.78, 5) is 27.9. The van der Waals surface area contributed by atoms with Gasteiger partial charge in [0.05, 0.1) is 0 Å². The molecule has 0 aromatic heterocycles. The van der Waals surface area contributed by atoms with Crippen molar-refractivity contribution in [3.05, 3.63) is 71.5 Å². The number of rotatable bonds is 10. The van der Waals surface area contributed by atoms with Crippen LogP contribution in [0.1, 0.15) is 45.2 Å². The Morgan fingerprint density at radius 1 is 0.933 bits per heavy atom. The number of hydrogen-bond acceptors (Lipinski definition) is 2. The van der Waals surface area contributed by atoms with Gasteiger partial charge >= 0.3 is 0 Å². The van der Waals surface area contributed by atoms with Crippen LogP contribution in [-0.4, -0.2) is 29.3 Å². The zero-order valence-electron chi connectivity index (χ0n) is 18.4. The number of nitrogens with one attached hydrogen (secondary N) is 1. The van der Waals surface area contributed by atoms with Gasteiger partial charge < -0.3 is 10.2 Å². The van der Waals surface area contributed by atoms with E-state index in [2.05, 4.69) is 19.2 Å². The number of amides is 2. The molecule has 0 saturated heterocycles. The molecule has 2 rings (SSSR count). The molecule has 0 radical (unpaired) electrons. The Morgan fingerprint density at radius 2 is 1.57 bits per heavy atom. The number of halogens is 1. The topological polar surface area (TPSA) is 49.4 Å². The fraction of sp³-hybridized carbons (Fsp3) is 0.440. The van der Waals surface area contributed by atoms with Crippen LogP contribution < -0.4 is 5.32 Å². The van der Waals surface area contributed by atoms with E-state index in [1.54, 1.807) is 17.0 Å². The molecule has 1 N–H and O–H groups in total. The summed E-state index contributed by atoms with van der Waals surface area (Å²) >= 11 is 0. The zero-order chi connectivity index (χ0) is 22.1. The lowest BCUT2D eigenvalue weighted by Gasteiger charge is -2.33. The van der Waals surface area contributed by atoms with E-state index in [-0.39, 0.29) is 30.1 Å².